The third-order valence-electron chi connectivity index (χ3n) is 3.49. The van der Waals surface area contributed by atoms with E-state index in [0.29, 0.717) is 19.0 Å². The number of hydrogen-bond donors (Lipinski definition) is 2. The van der Waals surface area contributed by atoms with Gasteiger partial charge in [-0.25, -0.2) is 9.98 Å². The van der Waals surface area contributed by atoms with Gasteiger partial charge in [-0.15, -0.1) is 0 Å². The van der Waals surface area contributed by atoms with E-state index in [1.807, 2.05) is 43.6 Å². The Balaban J connectivity index is 2.00. The fraction of sp³-hybridized carbons (Fsp3) is 0.444. The Hall–Kier alpha value is -2.01. The third-order valence-corrected chi connectivity index (χ3v) is 3.86. The molecule has 0 saturated carbocycles. The van der Waals surface area contributed by atoms with Crippen LogP contribution in [0.4, 0.5) is 0 Å². The molecule has 24 heavy (non-hydrogen) atoms. The molecule has 1 aromatic heterocycles. The second-order valence-corrected chi connectivity index (χ2v) is 6.44. The molecule has 0 spiro atoms. The van der Waals surface area contributed by atoms with Crippen LogP contribution in [0.2, 0.25) is 5.02 Å². The number of benzene rings is 1. The minimum atomic E-state index is 0.537. The molecule has 5 nitrogen and oxygen atoms in total. The molecule has 130 valence electrons. The molecule has 2 N–H and O–H groups in total. The molecule has 0 aliphatic heterocycles. The van der Waals surface area contributed by atoms with E-state index < -0.39 is 0 Å². The molecule has 2 rings (SSSR count). The zero-order chi connectivity index (χ0) is 17.4. The molecule has 2 aromatic rings. The summed E-state index contributed by atoms with van der Waals surface area (Å²) in [4.78, 5) is 9.04. The van der Waals surface area contributed by atoms with Gasteiger partial charge in [-0.2, -0.15) is 0 Å². The Kier molecular flexibility index (Phi) is 7.12. The predicted molar refractivity (Wildman–Crippen MR) is 100 cm³/mol. The van der Waals surface area contributed by atoms with Gasteiger partial charge < -0.3 is 15.2 Å². The maximum atomic E-state index is 6.19. The maximum absolute atomic E-state index is 6.19. The lowest BCUT2D eigenvalue weighted by Gasteiger charge is -2.14. The first kappa shape index (κ1) is 18.3. The molecule has 0 atom stereocenters. The molecule has 6 heteroatoms. The van der Waals surface area contributed by atoms with E-state index >= 15 is 0 Å². The van der Waals surface area contributed by atoms with Crippen molar-refractivity contribution in [2.24, 2.45) is 10.9 Å². The van der Waals surface area contributed by atoms with Crippen molar-refractivity contribution in [3.8, 4) is 0 Å². The van der Waals surface area contributed by atoms with Gasteiger partial charge in [-0.05, 0) is 24.5 Å². The highest BCUT2D eigenvalue weighted by atomic mass is 35.5. The zero-order valence-electron chi connectivity index (χ0n) is 14.6. The summed E-state index contributed by atoms with van der Waals surface area (Å²) in [6.45, 7) is 9.38. The van der Waals surface area contributed by atoms with Crippen LogP contribution in [0.1, 0.15) is 32.2 Å². The van der Waals surface area contributed by atoms with E-state index in [9.17, 15) is 0 Å². The largest absolute Gasteiger partial charge is 0.357 e. The van der Waals surface area contributed by atoms with Gasteiger partial charge in [-0.3, -0.25) is 0 Å². The molecule has 1 aromatic carbocycles. The van der Waals surface area contributed by atoms with E-state index in [2.05, 4.69) is 39.0 Å². The quantitative estimate of drug-likeness (QED) is 0.596. The number of aromatic nitrogens is 2. The minimum absolute atomic E-state index is 0.537. The van der Waals surface area contributed by atoms with Crippen LogP contribution in [0, 0.1) is 5.92 Å². The van der Waals surface area contributed by atoms with Crippen LogP contribution in [0.15, 0.2) is 41.7 Å². The lowest BCUT2D eigenvalue weighted by Crippen LogP contribution is -2.37. The summed E-state index contributed by atoms with van der Waals surface area (Å²) < 4.78 is 2.18. The lowest BCUT2D eigenvalue weighted by atomic mass is 10.2. The van der Waals surface area contributed by atoms with Gasteiger partial charge in [0.2, 0.25) is 0 Å². The van der Waals surface area contributed by atoms with Crippen molar-refractivity contribution in [1.29, 1.82) is 0 Å². The second kappa shape index (κ2) is 9.33. The highest BCUT2D eigenvalue weighted by Gasteiger charge is 2.06. The van der Waals surface area contributed by atoms with Crippen molar-refractivity contribution in [2.45, 2.75) is 40.4 Å². The predicted octanol–water partition coefficient (Wildman–Crippen LogP) is 3.45. The Morgan fingerprint density at radius 1 is 1.29 bits per heavy atom. The summed E-state index contributed by atoms with van der Waals surface area (Å²) in [7, 11) is 0. The summed E-state index contributed by atoms with van der Waals surface area (Å²) in [6, 6.07) is 7.77. The number of imidazole rings is 1. The van der Waals surface area contributed by atoms with E-state index in [-0.39, 0.29) is 0 Å². The van der Waals surface area contributed by atoms with Gasteiger partial charge in [0.05, 0.1) is 13.1 Å². The SMILES string of the molecule is CCNC(=NCc1ccccc1Cl)NCc1nccn1CC(C)C. The van der Waals surface area contributed by atoms with Crippen LogP contribution in [0.3, 0.4) is 0 Å². The van der Waals surface area contributed by atoms with Gasteiger partial charge in [-0.1, -0.05) is 43.6 Å². The Bertz CT molecular complexity index is 663. The van der Waals surface area contributed by atoms with Crippen LogP contribution in [0.5, 0.6) is 0 Å². The average molecular weight is 348 g/mol. The van der Waals surface area contributed by atoms with Crippen molar-refractivity contribution in [3.05, 3.63) is 53.1 Å². The minimum Gasteiger partial charge on any atom is -0.357 e. The molecule has 1 heterocycles. The van der Waals surface area contributed by atoms with Crippen molar-refractivity contribution in [3.63, 3.8) is 0 Å². The summed E-state index contributed by atoms with van der Waals surface area (Å²) >= 11 is 6.19. The first-order chi connectivity index (χ1) is 11.6. The maximum Gasteiger partial charge on any atom is 0.191 e. The normalized spacial score (nSPS) is 11.8. The number of rotatable bonds is 7. The highest BCUT2D eigenvalue weighted by Crippen LogP contribution is 2.15. The molecular weight excluding hydrogens is 322 g/mol. The molecule has 0 saturated heterocycles. The second-order valence-electron chi connectivity index (χ2n) is 6.03. The smallest absolute Gasteiger partial charge is 0.191 e. The van der Waals surface area contributed by atoms with Gasteiger partial charge in [0.1, 0.15) is 5.82 Å². The number of hydrogen-bond acceptors (Lipinski definition) is 2. The van der Waals surface area contributed by atoms with Crippen LogP contribution in [-0.4, -0.2) is 22.1 Å². The molecule has 0 unspecified atom stereocenters. The summed E-state index contributed by atoms with van der Waals surface area (Å²) in [5.74, 6) is 2.35. The van der Waals surface area contributed by atoms with Gasteiger partial charge in [0.15, 0.2) is 5.96 Å². The van der Waals surface area contributed by atoms with E-state index in [1.165, 1.54) is 0 Å². The lowest BCUT2D eigenvalue weighted by molar-refractivity contribution is 0.503. The van der Waals surface area contributed by atoms with E-state index in [1.54, 1.807) is 0 Å². The van der Waals surface area contributed by atoms with Crippen molar-refractivity contribution in [1.82, 2.24) is 20.2 Å². The third kappa shape index (κ3) is 5.57. The Morgan fingerprint density at radius 3 is 2.79 bits per heavy atom. The van der Waals surface area contributed by atoms with Gasteiger partial charge in [0, 0.05) is 30.5 Å². The first-order valence-electron chi connectivity index (χ1n) is 8.35. The molecule has 0 aliphatic carbocycles. The summed E-state index contributed by atoms with van der Waals surface area (Å²) in [6.07, 6.45) is 3.86. The average Bonchev–Trinajstić information content (AvgIpc) is 2.98. The molecule has 0 amide bonds. The van der Waals surface area contributed by atoms with E-state index in [4.69, 9.17) is 11.6 Å². The first-order valence-corrected chi connectivity index (χ1v) is 8.73. The van der Waals surface area contributed by atoms with Crippen molar-refractivity contribution >= 4 is 17.6 Å². The molecule has 0 bridgehead atoms. The number of nitrogens with one attached hydrogen (secondary N) is 2. The van der Waals surface area contributed by atoms with Crippen molar-refractivity contribution in [2.75, 3.05) is 6.54 Å². The van der Waals surface area contributed by atoms with Crippen LogP contribution < -0.4 is 10.6 Å². The molecule has 0 aliphatic rings. The van der Waals surface area contributed by atoms with Gasteiger partial charge >= 0.3 is 0 Å². The fourth-order valence-electron chi connectivity index (χ4n) is 2.36. The monoisotopic (exact) mass is 347 g/mol. The topological polar surface area (TPSA) is 54.2 Å². The Morgan fingerprint density at radius 2 is 2.08 bits per heavy atom. The molecular formula is C18H26ClN5. The number of guanidine groups is 1. The van der Waals surface area contributed by atoms with Crippen molar-refractivity contribution < 1.29 is 0 Å². The zero-order valence-corrected chi connectivity index (χ0v) is 15.3. The molecule has 0 fully saturated rings. The highest BCUT2D eigenvalue weighted by molar-refractivity contribution is 6.31. The number of aliphatic imine (C=N–C) groups is 1. The van der Waals surface area contributed by atoms with Gasteiger partial charge in [0.25, 0.3) is 0 Å². The van der Waals surface area contributed by atoms with Crippen LogP contribution >= 0.6 is 11.6 Å². The van der Waals surface area contributed by atoms with E-state index in [0.717, 1.165) is 35.5 Å². The molecule has 0 radical (unpaired) electrons. The fourth-order valence-corrected chi connectivity index (χ4v) is 2.56. The Labute approximate surface area is 149 Å². The summed E-state index contributed by atoms with van der Waals surface area (Å²) in [5, 5.41) is 7.33. The number of nitrogens with zero attached hydrogens (tertiary/aromatic N) is 3. The number of halogens is 1. The van der Waals surface area contributed by atoms with Crippen LogP contribution in [0.25, 0.3) is 0 Å². The summed E-state index contributed by atoms with van der Waals surface area (Å²) in [5.41, 5.74) is 1.01. The standard InChI is InChI=1S/C18H26ClN5/c1-4-20-18(22-11-15-7-5-6-8-16(15)19)23-12-17-21-9-10-24(17)13-14(2)3/h5-10,14H,4,11-13H2,1-3H3,(H2,20,22,23). The van der Waals surface area contributed by atoms with Crippen LogP contribution in [-0.2, 0) is 19.6 Å².